The van der Waals surface area contributed by atoms with Crippen LogP contribution in [0.1, 0.15) is 50.7 Å². The molecule has 1 saturated carbocycles. The molecule has 1 aliphatic carbocycles. The zero-order chi connectivity index (χ0) is 25.6. The van der Waals surface area contributed by atoms with Gasteiger partial charge in [-0.2, -0.15) is 0 Å². The monoisotopic (exact) mass is 503 g/mol. The predicted octanol–water partition coefficient (Wildman–Crippen LogP) is 3.63. The molecule has 3 rings (SSSR count). The summed E-state index contributed by atoms with van der Waals surface area (Å²) in [7, 11) is -3.81. The number of aryl methyl sites for hydroxylation is 1. The van der Waals surface area contributed by atoms with Crippen LogP contribution in [0.5, 0.6) is 0 Å². The summed E-state index contributed by atoms with van der Waals surface area (Å²) in [5, 5.41) is 2.99. The van der Waals surface area contributed by atoms with E-state index in [2.05, 4.69) is 5.32 Å². The Bertz CT molecular complexity index is 1150. The number of amides is 2. The topological polar surface area (TPSA) is 86.8 Å². The summed E-state index contributed by atoms with van der Waals surface area (Å²) < 4.78 is 41.0. The first-order valence-electron chi connectivity index (χ1n) is 12.0. The summed E-state index contributed by atoms with van der Waals surface area (Å²) in [6.07, 6.45) is 5.47. The Kier molecular flexibility index (Phi) is 8.88. The van der Waals surface area contributed by atoms with Crippen molar-refractivity contribution in [2.75, 3.05) is 17.1 Å². The molecule has 7 nitrogen and oxygen atoms in total. The first kappa shape index (κ1) is 26.7. The van der Waals surface area contributed by atoms with Gasteiger partial charge in [0.15, 0.2) is 0 Å². The Morgan fingerprint density at radius 2 is 1.66 bits per heavy atom. The smallest absolute Gasteiger partial charge is 0.244 e. The normalized spacial score (nSPS) is 15.0. The van der Waals surface area contributed by atoms with Crippen molar-refractivity contribution >= 4 is 27.5 Å². The van der Waals surface area contributed by atoms with Gasteiger partial charge < -0.3 is 10.2 Å². The molecule has 1 N–H and O–H groups in total. The minimum atomic E-state index is -3.81. The van der Waals surface area contributed by atoms with Crippen LogP contribution in [0, 0.1) is 5.82 Å². The maximum atomic E-state index is 14.5. The predicted molar refractivity (Wildman–Crippen MR) is 135 cm³/mol. The molecule has 0 radical (unpaired) electrons. The van der Waals surface area contributed by atoms with E-state index < -0.39 is 34.3 Å². The second-order valence-corrected chi connectivity index (χ2v) is 10.9. The average Bonchev–Trinajstić information content (AvgIpc) is 3.33. The fourth-order valence-electron chi connectivity index (χ4n) is 4.43. The van der Waals surface area contributed by atoms with Crippen LogP contribution in [0.15, 0.2) is 48.5 Å². The molecule has 1 aliphatic rings. The molecule has 2 amide bonds. The van der Waals surface area contributed by atoms with Crippen molar-refractivity contribution < 1.29 is 22.4 Å². The van der Waals surface area contributed by atoms with Crippen LogP contribution in [0.4, 0.5) is 10.1 Å². The Morgan fingerprint density at radius 3 is 2.26 bits per heavy atom. The summed E-state index contributed by atoms with van der Waals surface area (Å²) in [5.41, 5.74) is 1.44. The fourth-order valence-corrected chi connectivity index (χ4v) is 5.31. The van der Waals surface area contributed by atoms with Gasteiger partial charge in [0.2, 0.25) is 21.8 Å². The quantitative estimate of drug-likeness (QED) is 0.537. The summed E-state index contributed by atoms with van der Waals surface area (Å²) in [6, 6.07) is 12.2. The molecule has 35 heavy (non-hydrogen) atoms. The van der Waals surface area contributed by atoms with Crippen molar-refractivity contribution in [1.29, 1.82) is 0 Å². The molecule has 190 valence electrons. The Hall–Kier alpha value is -2.94. The third kappa shape index (κ3) is 6.81. The average molecular weight is 504 g/mol. The zero-order valence-corrected chi connectivity index (χ0v) is 21.4. The van der Waals surface area contributed by atoms with E-state index in [9.17, 15) is 22.4 Å². The number of para-hydroxylation sites is 1. The molecule has 0 unspecified atom stereocenters. The summed E-state index contributed by atoms with van der Waals surface area (Å²) >= 11 is 0. The van der Waals surface area contributed by atoms with Crippen LogP contribution < -0.4 is 9.62 Å². The van der Waals surface area contributed by atoms with Crippen molar-refractivity contribution in [3.05, 3.63) is 65.5 Å². The minimum absolute atomic E-state index is 0.0549. The molecule has 0 heterocycles. The molecule has 0 aromatic heterocycles. The number of benzene rings is 2. The number of carbonyl (C=O) groups is 2. The van der Waals surface area contributed by atoms with Gasteiger partial charge in [-0.1, -0.05) is 56.2 Å². The fraction of sp³-hybridized carbons (Fsp3) is 0.462. The Labute approximate surface area is 207 Å². The van der Waals surface area contributed by atoms with E-state index in [-0.39, 0.29) is 24.1 Å². The largest absolute Gasteiger partial charge is 0.352 e. The van der Waals surface area contributed by atoms with Crippen molar-refractivity contribution in [1.82, 2.24) is 10.2 Å². The van der Waals surface area contributed by atoms with E-state index in [0.717, 1.165) is 41.8 Å². The van der Waals surface area contributed by atoms with E-state index in [1.54, 1.807) is 37.3 Å². The number of rotatable bonds is 10. The third-order valence-corrected chi connectivity index (χ3v) is 7.61. The van der Waals surface area contributed by atoms with Crippen LogP contribution in [-0.4, -0.2) is 50.0 Å². The maximum absolute atomic E-state index is 14.5. The maximum Gasteiger partial charge on any atom is 0.244 e. The van der Waals surface area contributed by atoms with Crippen LogP contribution in [0.3, 0.4) is 0 Å². The van der Waals surface area contributed by atoms with Gasteiger partial charge in [-0.3, -0.25) is 13.9 Å². The third-order valence-electron chi connectivity index (χ3n) is 6.49. The molecule has 0 bridgehead atoms. The summed E-state index contributed by atoms with van der Waals surface area (Å²) in [6.45, 7) is 2.85. The number of carbonyl (C=O) groups excluding carboxylic acids is 2. The molecule has 0 spiro atoms. The number of anilines is 1. The molecule has 9 heteroatoms. The van der Waals surface area contributed by atoms with Crippen molar-refractivity contribution in [2.45, 2.75) is 64.6 Å². The van der Waals surface area contributed by atoms with Crippen LogP contribution in [0.2, 0.25) is 0 Å². The van der Waals surface area contributed by atoms with Gasteiger partial charge in [0.05, 0.1) is 11.9 Å². The molecule has 2 aromatic rings. The lowest BCUT2D eigenvalue weighted by Gasteiger charge is -2.32. The standard InChI is InChI=1S/C26H34FN3O4S/c1-4-20-11-6-10-16-24(20)30(35(3,33)34)18-25(31)29(17-21-12-5-9-15-23(21)27)19(2)26(32)28-22-13-7-8-14-22/h5-6,9-12,15-16,19,22H,4,7-8,13-14,17-18H2,1-3H3,(H,28,32)/t19-/m0/s1. The van der Waals surface area contributed by atoms with Gasteiger partial charge >= 0.3 is 0 Å². The second-order valence-electron chi connectivity index (χ2n) is 9.03. The highest BCUT2D eigenvalue weighted by atomic mass is 32.2. The van der Waals surface area contributed by atoms with Gasteiger partial charge in [0.25, 0.3) is 0 Å². The molecule has 2 aromatic carbocycles. The first-order valence-corrected chi connectivity index (χ1v) is 13.9. The number of halogens is 1. The lowest BCUT2D eigenvalue weighted by molar-refractivity contribution is -0.139. The van der Waals surface area contributed by atoms with Crippen molar-refractivity contribution in [3.63, 3.8) is 0 Å². The molecular formula is C26H34FN3O4S. The molecule has 0 saturated heterocycles. The lowest BCUT2D eigenvalue weighted by Crippen LogP contribution is -2.52. The van der Waals surface area contributed by atoms with Gasteiger partial charge in [0, 0.05) is 18.2 Å². The van der Waals surface area contributed by atoms with Crippen LogP contribution in [-0.2, 0) is 32.6 Å². The number of sulfonamides is 1. The highest BCUT2D eigenvalue weighted by molar-refractivity contribution is 7.92. The van der Waals surface area contributed by atoms with Gasteiger partial charge in [0.1, 0.15) is 18.4 Å². The second kappa shape index (κ2) is 11.7. The first-order chi connectivity index (χ1) is 16.6. The number of hydrogen-bond acceptors (Lipinski definition) is 4. The van der Waals surface area contributed by atoms with E-state index in [1.807, 2.05) is 19.1 Å². The number of nitrogens with one attached hydrogen (secondary N) is 1. The SMILES string of the molecule is CCc1ccccc1N(CC(=O)N(Cc1ccccc1F)[C@@H](C)C(=O)NC1CCCC1)S(C)(=O)=O. The van der Waals surface area contributed by atoms with Gasteiger partial charge in [-0.15, -0.1) is 0 Å². The van der Waals surface area contributed by atoms with E-state index in [4.69, 9.17) is 0 Å². The molecule has 1 atom stereocenters. The molecule has 0 aliphatic heterocycles. The minimum Gasteiger partial charge on any atom is -0.352 e. The molecule has 1 fully saturated rings. The Balaban J connectivity index is 1.91. The highest BCUT2D eigenvalue weighted by Gasteiger charge is 2.32. The van der Waals surface area contributed by atoms with E-state index in [1.165, 1.54) is 11.0 Å². The van der Waals surface area contributed by atoms with E-state index in [0.29, 0.717) is 12.1 Å². The number of nitrogens with zero attached hydrogens (tertiary/aromatic N) is 2. The van der Waals surface area contributed by atoms with E-state index >= 15 is 0 Å². The van der Waals surface area contributed by atoms with Crippen molar-refractivity contribution in [3.8, 4) is 0 Å². The highest BCUT2D eigenvalue weighted by Crippen LogP contribution is 2.24. The van der Waals surface area contributed by atoms with Crippen LogP contribution in [0.25, 0.3) is 0 Å². The lowest BCUT2D eigenvalue weighted by atomic mass is 10.1. The zero-order valence-electron chi connectivity index (χ0n) is 20.5. The number of hydrogen-bond donors (Lipinski definition) is 1. The van der Waals surface area contributed by atoms with Gasteiger partial charge in [-0.25, -0.2) is 12.8 Å². The Morgan fingerprint density at radius 1 is 1.06 bits per heavy atom. The molecular weight excluding hydrogens is 469 g/mol. The summed E-state index contributed by atoms with van der Waals surface area (Å²) in [5.74, 6) is -1.41. The van der Waals surface area contributed by atoms with Gasteiger partial charge in [-0.05, 0) is 43.9 Å². The summed E-state index contributed by atoms with van der Waals surface area (Å²) in [4.78, 5) is 27.9. The van der Waals surface area contributed by atoms with Crippen molar-refractivity contribution in [2.24, 2.45) is 0 Å². The van der Waals surface area contributed by atoms with Crippen LogP contribution >= 0.6 is 0 Å².